The van der Waals surface area contributed by atoms with Crippen LogP contribution < -0.4 is 4.74 Å². The van der Waals surface area contributed by atoms with Crippen LogP contribution in [0.2, 0.25) is 0 Å². The van der Waals surface area contributed by atoms with Gasteiger partial charge < -0.3 is 9.84 Å². The van der Waals surface area contributed by atoms with Crippen molar-refractivity contribution in [3.8, 4) is 5.75 Å². The zero-order valence-electron chi connectivity index (χ0n) is 10.2. The van der Waals surface area contributed by atoms with Gasteiger partial charge in [-0.1, -0.05) is 6.07 Å². The van der Waals surface area contributed by atoms with Gasteiger partial charge in [-0.05, 0) is 59.8 Å². The molecule has 18 heavy (non-hydrogen) atoms. The molecule has 4 rings (SSSR count). The smallest absolute Gasteiger partial charge is 0.309 e. The molecule has 0 unspecified atom stereocenters. The van der Waals surface area contributed by atoms with Crippen LogP contribution in [0.5, 0.6) is 5.75 Å². The summed E-state index contributed by atoms with van der Waals surface area (Å²) in [5.74, 6) is 0.213. The van der Waals surface area contributed by atoms with E-state index < -0.39 is 11.4 Å². The number of ether oxygens (including phenoxy) is 1. The van der Waals surface area contributed by atoms with Gasteiger partial charge in [-0.3, -0.25) is 4.79 Å². The van der Waals surface area contributed by atoms with Gasteiger partial charge >= 0.3 is 5.97 Å². The first kappa shape index (κ1) is 12.0. The van der Waals surface area contributed by atoms with Crippen molar-refractivity contribution >= 4 is 21.9 Å². The number of rotatable bonds is 4. The molecule has 2 bridgehead atoms. The number of carbonyl (C=O) groups is 1. The third-order valence-corrected chi connectivity index (χ3v) is 4.87. The van der Waals surface area contributed by atoms with E-state index in [0.29, 0.717) is 6.61 Å². The number of carboxylic acid groups (broad SMARTS) is 1. The lowest BCUT2D eigenvalue weighted by Gasteiger charge is -2.67. The fourth-order valence-electron chi connectivity index (χ4n) is 3.33. The Kier molecular flexibility index (Phi) is 2.49. The summed E-state index contributed by atoms with van der Waals surface area (Å²) in [6, 6.07) is 6.01. The first-order valence-electron chi connectivity index (χ1n) is 6.07. The summed E-state index contributed by atoms with van der Waals surface area (Å²) in [5, 5.41) is 9.06. The summed E-state index contributed by atoms with van der Waals surface area (Å²) in [7, 11) is 0. The van der Waals surface area contributed by atoms with Crippen molar-refractivity contribution in [2.75, 3.05) is 6.61 Å². The molecule has 0 radical (unpaired) electrons. The fraction of sp³-hybridized carbons (Fsp3) is 0.500. The second-order valence-electron chi connectivity index (χ2n) is 5.84. The number of aliphatic carboxylic acids is 1. The van der Waals surface area contributed by atoms with Crippen molar-refractivity contribution in [2.45, 2.75) is 26.2 Å². The van der Waals surface area contributed by atoms with E-state index in [1.165, 1.54) is 0 Å². The van der Waals surface area contributed by atoms with Crippen molar-refractivity contribution in [3.05, 3.63) is 28.2 Å². The second kappa shape index (κ2) is 3.73. The first-order chi connectivity index (χ1) is 8.45. The third-order valence-electron chi connectivity index (χ3n) is 4.21. The average molecular weight is 311 g/mol. The van der Waals surface area contributed by atoms with Gasteiger partial charge in [0.25, 0.3) is 0 Å². The highest BCUT2D eigenvalue weighted by Gasteiger charge is 2.72. The minimum absolute atomic E-state index is 0.127. The number of hydrogen-bond donors (Lipinski definition) is 1. The van der Waals surface area contributed by atoms with Crippen LogP contribution in [0, 0.1) is 17.8 Å². The van der Waals surface area contributed by atoms with E-state index in [4.69, 9.17) is 9.84 Å². The van der Waals surface area contributed by atoms with Crippen molar-refractivity contribution in [1.29, 1.82) is 0 Å². The number of aryl methyl sites for hydroxylation is 1. The quantitative estimate of drug-likeness (QED) is 0.927. The highest BCUT2D eigenvalue weighted by atomic mass is 79.9. The van der Waals surface area contributed by atoms with Crippen molar-refractivity contribution in [2.24, 2.45) is 10.8 Å². The number of carboxylic acids is 1. The SMILES string of the molecule is Cc1ccc(Br)c(OCC23CC(C(=O)O)(C2)C3)c1. The standard InChI is InChI=1S/C14H15BrO3/c1-9-2-3-10(15)11(4-9)18-8-13-5-14(6-13,7-13)12(16)17/h2-4H,5-8H2,1H3,(H,16,17). The Morgan fingerprint density at radius 3 is 2.72 bits per heavy atom. The number of halogens is 1. The van der Waals surface area contributed by atoms with Gasteiger partial charge in [-0.15, -0.1) is 0 Å². The molecule has 1 N–H and O–H groups in total. The van der Waals surface area contributed by atoms with Crippen molar-refractivity contribution in [3.63, 3.8) is 0 Å². The molecular weight excluding hydrogens is 296 g/mol. The molecule has 4 heteroatoms. The van der Waals surface area contributed by atoms with Crippen LogP contribution >= 0.6 is 15.9 Å². The summed E-state index contributed by atoms with van der Waals surface area (Å²) < 4.78 is 6.80. The summed E-state index contributed by atoms with van der Waals surface area (Å²) in [4.78, 5) is 11.0. The van der Waals surface area contributed by atoms with E-state index in [2.05, 4.69) is 15.9 Å². The van der Waals surface area contributed by atoms with Gasteiger partial charge in [0.1, 0.15) is 5.75 Å². The zero-order chi connectivity index (χ0) is 13.0. The van der Waals surface area contributed by atoms with Gasteiger partial charge in [0.15, 0.2) is 0 Å². The molecule has 0 heterocycles. The Morgan fingerprint density at radius 2 is 2.11 bits per heavy atom. The number of hydrogen-bond acceptors (Lipinski definition) is 2. The number of benzene rings is 1. The highest BCUT2D eigenvalue weighted by Crippen LogP contribution is 2.73. The minimum Gasteiger partial charge on any atom is -0.492 e. The van der Waals surface area contributed by atoms with Gasteiger partial charge in [0.2, 0.25) is 0 Å². The fourth-order valence-corrected chi connectivity index (χ4v) is 3.69. The van der Waals surface area contributed by atoms with E-state index in [1.54, 1.807) is 0 Å². The van der Waals surface area contributed by atoms with Crippen LogP contribution in [0.4, 0.5) is 0 Å². The van der Waals surface area contributed by atoms with E-state index in [-0.39, 0.29) is 5.41 Å². The molecule has 3 nitrogen and oxygen atoms in total. The Hall–Kier alpha value is -1.03. The second-order valence-corrected chi connectivity index (χ2v) is 6.69. The van der Waals surface area contributed by atoms with Crippen LogP contribution in [-0.4, -0.2) is 17.7 Å². The van der Waals surface area contributed by atoms with Gasteiger partial charge in [-0.25, -0.2) is 0 Å². The van der Waals surface area contributed by atoms with Crippen LogP contribution in [-0.2, 0) is 4.79 Å². The van der Waals surface area contributed by atoms with Gasteiger partial charge in [0.05, 0.1) is 16.5 Å². The molecule has 3 saturated carbocycles. The molecule has 96 valence electrons. The predicted octanol–water partition coefficient (Wildman–Crippen LogP) is 3.39. The minimum atomic E-state index is -0.638. The lowest BCUT2D eigenvalue weighted by atomic mass is 9.35. The Labute approximate surface area is 114 Å². The summed E-state index contributed by atoms with van der Waals surface area (Å²) in [6.45, 7) is 2.66. The summed E-state index contributed by atoms with van der Waals surface area (Å²) in [6.07, 6.45) is 2.33. The Bertz CT molecular complexity index is 504. The molecule has 0 saturated heterocycles. The lowest BCUT2D eigenvalue weighted by molar-refractivity contribution is -0.231. The molecule has 3 aliphatic carbocycles. The third kappa shape index (κ3) is 1.66. The van der Waals surface area contributed by atoms with E-state index >= 15 is 0 Å². The van der Waals surface area contributed by atoms with E-state index in [9.17, 15) is 4.79 Å². The highest BCUT2D eigenvalue weighted by molar-refractivity contribution is 9.10. The van der Waals surface area contributed by atoms with Crippen molar-refractivity contribution in [1.82, 2.24) is 0 Å². The lowest BCUT2D eigenvalue weighted by Crippen LogP contribution is -2.67. The molecule has 0 aromatic heterocycles. The average Bonchev–Trinajstić information content (AvgIpc) is 2.18. The monoisotopic (exact) mass is 310 g/mol. The topological polar surface area (TPSA) is 46.5 Å². The summed E-state index contributed by atoms with van der Waals surface area (Å²) >= 11 is 3.47. The van der Waals surface area contributed by atoms with E-state index in [0.717, 1.165) is 35.0 Å². The van der Waals surface area contributed by atoms with Crippen LogP contribution in [0.3, 0.4) is 0 Å². The Morgan fingerprint density at radius 1 is 1.44 bits per heavy atom. The molecule has 0 atom stereocenters. The molecule has 3 fully saturated rings. The molecule has 1 aromatic rings. The van der Waals surface area contributed by atoms with Crippen molar-refractivity contribution < 1.29 is 14.6 Å². The molecule has 0 spiro atoms. The maximum Gasteiger partial charge on any atom is 0.309 e. The molecule has 0 aliphatic heterocycles. The van der Waals surface area contributed by atoms with Gasteiger partial charge in [0, 0.05) is 5.41 Å². The summed E-state index contributed by atoms with van der Waals surface area (Å²) in [5.41, 5.74) is 0.877. The first-order valence-corrected chi connectivity index (χ1v) is 6.87. The van der Waals surface area contributed by atoms with Crippen LogP contribution in [0.25, 0.3) is 0 Å². The largest absolute Gasteiger partial charge is 0.492 e. The van der Waals surface area contributed by atoms with Crippen LogP contribution in [0.15, 0.2) is 22.7 Å². The van der Waals surface area contributed by atoms with Gasteiger partial charge in [-0.2, -0.15) is 0 Å². The maximum absolute atomic E-state index is 11.0. The zero-order valence-corrected chi connectivity index (χ0v) is 11.8. The molecule has 1 aromatic carbocycles. The molecule has 3 aliphatic rings. The normalized spacial score (nSPS) is 32.3. The molecular formula is C14H15BrO3. The predicted molar refractivity (Wildman–Crippen MR) is 70.7 cm³/mol. The van der Waals surface area contributed by atoms with E-state index in [1.807, 2.05) is 25.1 Å². The van der Waals surface area contributed by atoms with Crippen LogP contribution in [0.1, 0.15) is 24.8 Å². The molecule has 0 amide bonds. The maximum atomic E-state index is 11.0. The Balaban J connectivity index is 1.61.